The van der Waals surface area contributed by atoms with E-state index in [-0.39, 0.29) is 11.7 Å². The summed E-state index contributed by atoms with van der Waals surface area (Å²) >= 11 is 0. The molecule has 0 bridgehead atoms. The summed E-state index contributed by atoms with van der Waals surface area (Å²) in [5.74, 6) is -0.185. The van der Waals surface area contributed by atoms with Crippen LogP contribution in [0.25, 0.3) is 0 Å². The number of allylic oxidation sites excluding steroid dienone is 3. The van der Waals surface area contributed by atoms with Crippen molar-refractivity contribution in [2.45, 2.75) is 25.0 Å². The standard InChI is InChI=1S/C16H23NO3/c1-4-5-6-7-14(12-18)13-20-16(17(2)3)10-8-15(19)9-11-16/h4,8-12,14H,1,5-7,13H2,2-3H3. The molecule has 4 nitrogen and oxygen atoms in total. The molecule has 0 aromatic heterocycles. The van der Waals surface area contributed by atoms with Crippen molar-refractivity contribution < 1.29 is 14.3 Å². The number of ether oxygens (including phenoxy) is 1. The lowest BCUT2D eigenvalue weighted by Gasteiger charge is -2.36. The highest BCUT2D eigenvalue weighted by atomic mass is 16.5. The van der Waals surface area contributed by atoms with Crippen molar-refractivity contribution >= 4 is 12.1 Å². The van der Waals surface area contributed by atoms with Crippen molar-refractivity contribution in [1.29, 1.82) is 0 Å². The van der Waals surface area contributed by atoms with Gasteiger partial charge in [-0.15, -0.1) is 6.58 Å². The van der Waals surface area contributed by atoms with Crippen LogP contribution in [-0.2, 0) is 14.3 Å². The van der Waals surface area contributed by atoms with Gasteiger partial charge >= 0.3 is 0 Å². The minimum Gasteiger partial charge on any atom is -0.352 e. The molecule has 0 saturated carbocycles. The van der Waals surface area contributed by atoms with E-state index in [0.29, 0.717) is 6.61 Å². The Morgan fingerprint density at radius 2 is 2.05 bits per heavy atom. The monoisotopic (exact) mass is 277 g/mol. The molecule has 0 amide bonds. The molecule has 1 atom stereocenters. The van der Waals surface area contributed by atoms with Crippen LogP contribution in [0, 0.1) is 5.92 Å². The largest absolute Gasteiger partial charge is 0.352 e. The molecule has 0 radical (unpaired) electrons. The molecule has 0 fully saturated rings. The van der Waals surface area contributed by atoms with Gasteiger partial charge in [-0.1, -0.05) is 6.08 Å². The molecule has 1 rings (SSSR count). The lowest BCUT2D eigenvalue weighted by Crippen LogP contribution is -2.45. The van der Waals surface area contributed by atoms with E-state index < -0.39 is 5.72 Å². The number of hydrogen-bond donors (Lipinski definition) is 0. The van der Waals surface area contributed by atoms with Crippen molar-refractivity contribution in [1.82, 2.24) is 4.90 Å². The van der Waals surface area contributed by atoms with Crippen molar-refractivity contribution in [3.8, 4) is 0 Å². The van der Waals surface area contributed by atoms with Crippen LogP contribution in [0.15, 0.2) is 37.0 Å². The lowest BCUT2D eigenvalue weighted by molar-refractivity contribution is -0.120. The third kappa shape index (κ3) is 4.54. The van der Waals surface area contributed by atoms with Gasteiger partial charge in [-0.05, 0) is 57.7 Å². The average molecular weight is 277 g/mol. The number of nitrogens with zero attached hydrogens (tertiary/aromatic N) is 1. The molecule has 110 valence electrons. The van der Waals surface area contributed by atoms with E-state index >= 15 is 0 Å². The Kier molecular flexibility index (Phi) is 6.55. The van der Waals surface area contributed by atoms with Gasteiger partial charge in [-0.25, -0.2) is 0 Å². The van der Waals surface area contributed by atoms with Crippen LogP contribution < -0.4 is 0 Å². The minimum absolute atomic E-state index is 0.0519. The fourth-order valence-corrected chi connectivity index (χ4v) is 1.99. The van der Waals surface area contributed by atoms with Crippen LogP contribution in [0.2, 0.25) is 0 Å². The molecule has 20 heavy (non-hydrogen) atoms. The molecular weight excluding hydrogens is 254 g/mol. The lowest BCUT2D eigenvalue weighted by atomic mass is 10.0. The second-order valence-corrected chi connectivity index (χ2v) is 5.14. The Bertz CT molecular complexity index is 394. The van der Waals surface area contributed by atoms with Gasteiger partial charge in [0.25, 0.3) is 0 Å². The molecule has 1 aliphatic carbocycles. The topological polar surface area (TPSA) is 46.6 Å². The highest BCUT2D eigenvalue weighted by Gasteiger charge is 2.31. The van der Waals surface area contributed by atoms with Crippen LogP contribution in [0.3, 0.4) is 0 Å². The number of likely N-dealkylation sites (N-methyl/N-ethyl adjacent to an activating group) is 1. The van der Waals surface area contributed by atoms with E-state index in [1.54, 1.807) is 12.2 Å². The number of carbonyl (C=O) groups is 2. The molecule has 0 saturated heterocycles. The summed E-state index contributed by atoms with van der Waals surface area (Å²) < 4.78 is 5.91. The predicted molar refractivity (Wildman–Crippen MR) is 79.3 cm³/mol. The first kappa shape index (κ1) is 16.5. The Morgan fingerprint density at radius 1 is 1.40 bits per heavy atom. The summed E-state index contributed by atoms with van der Waals surface area (Å²) in [6, 6.07) is 0. The maximum absolute atomic E-state index is 11.2. The molecule has 1 aliphatic rings. The van der Waals surface area contributed by atoms with Crippen LogP contribution in [0.5, 0.6) is 0 Å². The van der Waals surface area contributed by atoms with E-state index in [1.165, 1.54) is 12.2 Å². The number of unbranched alkanes of at least 4 members (excludes halogenated alkanes) is 1. The minimum atomic E-state index is -0.742. The van der Waals surface area contributed by atoms with Crippen molar-refractivity contribution in [2.24, 2.45) is 5.92 Å². The van der Waals surface area contributed by atoms with E-state index in [1.807, 2.05) is 25.1 Å². The fraction of sp³-hybridized carbons (Fsp3) is 0.500. The average Bonchev–Trinajstić information content (AvgIpc) is 2.44. The molecule has 0 aromatic rings. The quantitative estimate of drug-likeness (QED) is 0.280. The number of ketones is 1. The van der Waals surface area contributed by atoms with Gasteiger partial charge in [-0.2, -0.15) is 0 Å². The first-order valence-corrected chi connectivity index (χ1v) is 6.84. The van der Waals surface area contributed by atoms with Gasteiger partial charge in [0.1, 0.15) is 6.29 Å². The summed E-state index contributed by atoms with van der Waals surface area (Å²) in [5, 5.41) is 0. The fourth-order valence-electron chi connectivity index (χ4n) is 1.99. The predicted octanol–water partition coefficient (Wildman–Crippen LogP) is 2.13. The third-order valence-electron chi connectivity index (χ3n) is 3.38. The van der Waals surface area contributed by atoms with Gasteiger partial charge in [0.15, 0.2) is 11.5 Å². The van der Waals surface area contributed by atoms with Gasteiger partial charge in [0.05, 0.1) is 6.61 Å². The van der Waals surface area contributed by atoms with Crippen molar-refractivity contribution in [3.63, 3.8) is 0 Å². The smallest absolute Gasteiger partial charge is 0.178 e. The van der Waals surface area contributed by atoms with E-state index in [9.17, 15) is 9.59 Å². The second-order valence-electron chi connectivity index (χ2n) is 5.14. The van der Waals surface area contributed by atoms with Crippen LogP contribution in [0.4, 0.5) is 0 Å². The van der Waals surface area contributed by atoms with E-state index in [4.69, 9.17) is 4.74 Å². The zero-order valence-electron chi connectivity index (χ0n) is 12.2. The Hall–Kier alpha value is -1.52. The Labute approximate surface area is 120 Å². The molecule has 4 heteroatoms. The Balaban J connectivity index is 2.61. The zero-order chi connectivity index (χ0) is 15.0. The number of hydrogen-bond acceptors (Lipinski definition) is 4. The highest BCUT2D eigenvalue weighted by Crippen LogP contribution is 2.23. The zero-order valence-corrected chi connectivity index (χ0v) is 12.2. The van der Waals surface area contributed by atoms with Crippen molar-refractivity contribution in [2.75, 3.05) is 20.7 Å². The molecule has 0 aromatic carbocycles. The third-order valence-corrected chi connectivity index (χ3v) is 3.38. The summed E-state index contributed by atoms with van der Waals surface area (Å²) in [5.41, 5.74) is -0.742. The SMILES string of the molecule is C=CCCCC(C=O)COC1(N(C)C)C=CC(=O)C=C1. The first-order chi connectivity index (χ1) is 9.54. The first-order valence-electron chi connectivity index (χ1n) is 6.84. The molecule has 0 aliphatic heterocycles. The molecule has 0 heterocycles. The molecule has 1 unspecified atom stereocenters. The van der Waals surface area contributed by atoms with Crippen LogP contribution in [0.1, 0.15) is 19.3 Å². The van der Waals surface area contributed by atoms with Crippen LogP contribution >= 0.6 is 0 Å². The van der Waals surface area contributed by atoms with Gasteiger partial charge < -0.3 is 9.53 Å². The van der Waals surface area contributed by atoms with Crippen LogP contribution in [-0.4, -0.2) is 43.4 Å². The maximum atomic E-state index is 11.2. The second kappa shape index (κ2) is 7.92. The number of aldehydes is 1. The van der Waals surface area contributed by atoms with E-state index in [0.717, 1.165) is 25.5 Å². The summed E-state index contributed by atoms with van der Waals surface area (Å²) in [7, 11) is 3.75. The summed E-state index contributed by atoms with van der Waals surface area (Å²) in [6.07, 6.45) is 11.8. The molecule has 0 N–H and O–H groups in total. The Morgan fingerprint density at radius 3 is 2.55 bits per heavy atom. The highest BCUT2D eigenvalue weighted by molar-refractivity contribution is 6.00. The van der Waals surface area contributed by atoms with Crippen molar-refractivity contribution in [3.05, 3.63) is 37.0 Å². The number of rotatable bonds is 9. The van der Waals surface area contributed by atoms with Gasteiger partial charge in [0, 0.05) is 5.92 Å². The molecule has 0 spiro atoms. The maximum Gasteiger partial charge on any atom is 0.178 e. The number of carbonyl (C=O) groups excluding carboxylic acids is 2. The summed E-state index contributed by atoms with van der Waals surface area (Å²) in [4.78, 5) is 24.2. The molecular formula is C16H23NO3. The van der Waals surface area contributed by atoms with Gasteiger partial charge in [0.2, 0.25) is 0 Å². The normalized spacial score (nSPS) is 18.2. The van der Waals surface area contributed by atoms with E-state index in [2.05, 4.69) is 6.58 Å². The van der Waals surface area contributed by atoms with Gasteiger partial charge in [-0.3, -0.25) is 9.69 Å². The summed E-state index contributed by atoms with van der Waals surface area (Å²) in [6.45, 7) is 4.00.